The molecule has 5 atom stereocenters. The number of ether oxygens (including phenoxy) is 3. The molecule has 6 aliphatic rings. The molecule has 0 radical (unpaired) electrons. The second-order valence-electron chi connectivity index (χ2n) is 16.0. The van der Waals surface area contributed by atoms with Gasteiger partial charge in [0.1, 0.15) is 0 Å². The summed E-state index contributed by atoms with van der Waals surface area (Å²) < 4.78 is 15.7. The van der Waals surface area contributed by atoms with Gasteiger partial charge < -0.3 is 24.4 Å². The zero-order valence-electron chi connectivity index (χ0n) is 44.0. The highest BCUT2D eigenvalue weighted by Gasteiger charge is 2.22. The molecular weight excluding hydrogens is 707 g/mol. The second kappa shape index (κ2) is 51.9. The lowest BCUT2D eigenvalue weighted by molar-refractivity contribution is -0.0763. The number of hydrogen-bond donors (Lipinski definition) is 3. The van der Waals surface area contributed by atoms with Crippen molar-refractivity contribution in [3.63, 3.8) is 0 Å². The van der Waals surface area contributed by atoms with E-state index in [0.29, 0.717) is 24.2 Å². The molecule has 57 heavy (non-hydrogen) atoms. The summed E-state index contributed by atoms with van der Waals surface area (Å²) in [4.78, 5) is 4.97. The van der Waals surface area contributed by atoms with E-state index in [1.54, 1.807) is 0 Å². The SMILES string of the molecule is CC.CC.CC.CC.CC.CC.CC(C)C1CCC1.CC(C)C1CCCO1.CC(C)C1CCN1.CC(C)C1CCO1.CC(C)C1CNOC1.CC(C)C1COCN1. The molecule has 1 saturated carbocycles. The molecule has 0 aromatic heterocycles. The lowest BCUT2D eigenvalue weighted by Crippen LogP contribution is -2.46. The standard InChI is InChI=1S/C7H14O.C7H14.2C6H13NO.C6H13N.C6H12O.6C2H6/c1-6(2)7-4-3-5-8-7;1-6(2)7-4-3-5-7;1-5(2)6-3-8-4-7-6;1-5(2)6-3-7-8-4-6;2*1-5(2)6-3-4-7-6;6*1-2/h6-7H,3-5H2,1-2H3;6-7H,3-5H2,1-2H3;2*5-7H,3-4H2,1-2H3;5-7H,3-4H2,1-2H3;5-6H,3-4H2,1-2H3;6*1-2H3. The lowest BCUT2D eigenvalue weighted by atomic mass is 9.78. The van der Waals surface area contributed by atoms with Crippen LogP contribution in [0.15, 0.2) is 0 Å². The van der Waals surface area contributed by atoms with Gasteiger partial charge in [-0.3, -0.25) is 5.32 Å². The zero-order valence-corrected chi connectivity index (χ0v) is 44.0. The molecule has 5 aliphatic heterocycles. The predicted molar refractivity (Wildman–Crippen MR) is 259 cm³/mol. The van der Waals surface area contributed by atoms with Crippen LogP contribution in [0.1, 0.15) is 211 Å². The molecule has 5 saturated heterocycles. The van der Waals surface area contributed by atoms with Crippen molar-refractivity contribution in [3.05, 3.63) is 0 Å². The first-order valence-corrected chi connectivity index (χ1v) is 25.0. The maximum absolute atomic E-state index is 5.41. The quantitative estimate of drug-likeness (QED) is 0.246. The molecule has 3 N–H and O–H groups in total. The molecule has 0 bridgehead atoms. The maximum Gasteiger partial charge on any atom is 0.0969 e. The summed E-state index contributed by atoms with van der Waals surface area (Å²) in [6.45, 7) is 57.6. The molecule has 0 spiro atoms. The van der Waals surface area contributed by atoms with Crippen molar-refractivity contribution in [1.29, 1.82) is 0 Å². The van der Waals surface area contributed by atoms with Crippen molar-refractivity contribution in [2.45, 2.75) is 235 Å². The Morgan fingerprint density at radius 2 is 0.860 bits per heavy atom. The maximum atomic E-state index is 5.41. The fourth-order valence-corrected chi connectivity index (χ4v) is 5.55. The van der Waals surface area contributed by atoms with Crippen LogP contribution in [0.4, 0.5) is 0 Å². The van der Waals surface area contributed by atoms with Crippen molar-refractivity contribution >= 4 is 0 Å². The van der Waals surface area contributed by atoms with Crippen LogP contribution in [-0.4, -0.2) is 70.5 Å². The summed E-state index contributed by atoms with van der Waals surface area (Å²) >= 11 is 0. The van der Waals surface area contributed by atoms with Gasteiger partial charge in [-0.05, 0) is 73.7 Å². The Kier molecular flexibility index (Phi) is 62.3. The molecule has 5 unspecified atom stereocenters. The number of hydroxylamine groups is 1. The van der Waals surface area contributed by atoms with Crippen molar-refractivity contribution in [2.75, 3.05) is 46.2 Å². The van der Waals surface area contributed by atoms with Gasteiger partial charge in [0.15, 0.2) is 0 Å². The fraction of sp³-hybridized carbons (Fsp3) is 1.00. The van der Waals surface area contributed by atoms with E-state index < -0.39 is 0 Å². The fourth-order valence-electron chi connectivity index (χ4n) is 5.55. The highest BCUT2D eigenvalue weighted by atomic mass is 16.7. The minimum Gasteiger partial charge on any atom is -0.378 e. The summed E-state index contributed by atoms with van der Waals surface area (Å²) in [7, 11) is 0. The molecule has 6 fully saturated rings. The summed E-state index contributed by atoms with van der Waals surface area (Å²) in [6, 6.07) is 1.43. The number of nitrogens with one attached hydrogen (secondary N) is 3. The molecule has 6 rings (SSSR count). The molecule has 354 valence electrons. The highest BCUT2D eigenvalue weighted by molar-refractivity contribution is 4.79. The third kappa shape index (κ3) is 40.9. The molecule has 7 heteroatoms. The molecule has 1 aliphatic carbocycles. The molecule has 5 heterocycles. The Bertz CT molecular complexity index is 570. The van der Waals surface area contributed by atoms with E-state index in [-0.39, 0.29) is 0 Å². The van der Waals surface area contributed by atoms with E-state index >= 15 is 0 Å². The topological polar surface area (TPSA) is 73.0 Å². The number of rotatable bonds is 6. The van der Waals surface area contributed by atoms with Gasteiger partial charge in [0.2, 0.25) is 0 Å². The zero-order chi connectivity index (χ0) is 45.8. The minimum atomic E-state index is 0.565. The van der Waals surface area contributed by atoms with Crippen LogP contribution in [0.2, 0.25) is 0 Å². The molecule has 0 aromatic rings. The summed E-state index contributed by atoms with van der Waals surface area (Å²) in [5.41, 5.74) is 2.85. The van der Waals surface area contributed by atoms with Crippen LogP contribution in [0.5, 0.6) is 0 Å². The van der Waals surface area contributed by atoms with Crippen LogP contribution >= 0.6 is 0 Å². The Balaban J connectivity index is -0.000000130. The monoisotopic (exact) mass is 822 g/mol. The van der Waals surface area contributed by atoms with Crippen molar-refractivity contribution in [1.82, 2.24) is 16.1 Å². The van der Waals surface area contributed by atoms with E-state index in [9.17, 15) is 0 Å². The van der Waals surface area contributed by atoms with Gasteiger partial charge in [-0.1, -0.05) is 185 Å². The van der Waals surface area contributed by atoms with Crippen LogP contribution in [0, 0.1) is 47.3 Å². The van der Waals surface area contributed by atoms with Crippen LogP contribution in [0.25, 0.3) is 0 Å². The van der Waals surface area contributed by atoms with Crippen LogP contribution < -0.4 is 16.1 Å². The van der Waals surface area contributed by atoms with Crippen LogP contribution in [-0.2, 0) is 19.0 Å². The average Bonchev–Trinajstić information content (AvgIpc) is 3.97. The van der Waals surface area contributed by atoms with E-state index in [0.717, 1.165) is 87.2 Å². The third-order valence-electron chi connectivity index (χ3n) is 10.2. The minimum absolute atomic E-state index is 0.565. The van der Waals surface area contributed by atoms with Crippen LogP contribution in [0.3, 0.4) is 0 Å². The largest absolute Gasteiger partial charge is 0.378 e. The smallest absolute Gasteiger partial charge is 0.0969 e. The summed E-state index contributed by atoms with van der Waals surface area (Å²) in [5, 5.41) is 6.58. The third-order valence-corrected chi connectivity index (χ3v) is 10.2. The Morgan fingerprint density at radius 1 is 0.421 bits per heavy atom. The van der Waals surface area contributed by atoms with E-state index in [2.05, 4.69) is 99.2 Å². The van der Waals surface area contributed by atoms with Crippen molar-refractivity contribution < 1.29 is 19.0 Å². The molecule has 0 aromatic carbocycles. The Labute approximate surface area is 363 Å². The molecule has 7 nitrogen and oxygen atoms in total. The van der Waals surface area contributed by atoms with Gasteiger partial charge in [0, 0.05) is 37.8 Å². The predicted octanol–water partition coefficient (Wildman–Crippen LogP) is 14.2. The van der Waals surface area contributed by atoms with E-state index in [4.69, 9.17) is 19.0 Å². The van der Waals surface area contributed by atoms with Crippen molar-refractivity contribution in [2.24, 2.45) is 47.3 Å². The van der Waals surface area contributed by atoms with Crippen molar-refractivity contribution in [3.8, 4) is 0 Å². The summed E-state index contributed by atoms with van der Waals surface area (Å²) in [6.07, 6.45) is 10.8. The van der Waals surface area contributed by atoms with Gasteiger partial charge in [0.05, 0.1) is 32.2 Å². The van der Waals surface area contributed by atoms with Gasteiger partial charge in [-0.15, -0.1) is 0 Å². The Hall–Kier alpha value is -0.280. The Morgan fingerprint density at radius 3 is 0.965 bits per heavy atom. The highest BCUT2D eigenvalue weighted by Crippen LogP contribution is 2.32. The van der Waals surface area contributed by atoms with Gasteiger partial charge in [0.25, 0.3) is 0 Å². The lowest BCUT2D eigenvalue weighted by Gasteiger charge is -2.30. The first-order valence-electron chi connectivity index (χ1n) is 25.0. The van der Waals surface area contributed by atoms with E-state index in [1.807, 2.05) is 83.1 Å². The first-order chi connectivity index (χ1) is 27.3. The van der Waals surface area contributed by atoms with Gasteiger partial charge in [-0.25, -0.2) is 5.48 Å². The summed E-state index contributed by atoms with van der Waals surface area (Å²) in [5.74, 6) is 6.52. The first kappa shape index (κ1) is 68.5. The van der Waals surface area contributed by atoms with Gasteiger partial charge in [-0.2, -0.15) is 0 Å². The second-order valence-corrected chi connectivity index (χ2v) is 16.0. The molecule has 0 amide bonds. The van der Waals surface area contributed by atoms with E-state index in [1.165, 1.54) is 51.5 Å². The normalized spacial score (nSPS) is 23.4. The number of hydrogen-bond acceptors (Lipinski definition) is 7. The molecular formula is C50H115N3O4. The average molecular weight is 822 g/mol. The van der Waals surface area contributed by atoms with Gasteiger partial charge >= 0.3 is 0 Å².